The molecule has 0 aliphatic carbocycles. The van der Waals surface area contributed by atoms with Crippen molar-refractivity contribution in [3.63, 3.8) is 0 Å². The van der Waals surface area contributed by atoms with Gasteiger partial charge in [-0.15, -0.1) is 0 Å². The van der Waals surface area contributed by atoms with Gasteiger partial charge in [-0.2, -0.15) is 0 Å². The molecule has 3 aromatic rings. The first kappa shape index (κ1) is 13.5. The molecule has 5 heteroatoms. The van der Waals surface area contributed by atoms with Crippen molar-refractivity contribution in [1.82, 2.24) is 19.5 Å². The summed E-state index contributed by atoms with van der Waals surface area (Å²) >= 11 is 0. The van der Waals surface area contributed by atoms with Gasteiger partial charge in [-0.05, 0) is 25.5 Å². The Kier molecular flexibility index (Phi) is 3.81. The minimum absolute atomic E-state index is 0.937. The molecular formula is C16H19N5. The summed E-state index contributed by atoms with van der Waals surface area (Å²) < 4.78 is 2.09. The standard InChI is InChI=1S/C16H19N5/c1-13-16(19-15-7-4-3-6-14(15)18-13)20(2)9-5-10-21-11-8-17-12-21/h3-4,6-8,11-12H,5,9-10H2,1-2H3. The van der Waals surface area contributed by atoms with Gasteiger partial charge in [-0.1, -0.05) is 12.1 Å². The fourth-order valence-electron chi connectivity index (χ4n) is 2.46. The molecule has 3 rings (SSSR count). The third-order valence-electron chi connectivity index (χ3n) is 3.55. The van der Waals surface area contributed by atoms with E-state index < -0.39 is 0 Å². The van der Waals surface area contributed by atoms with Crippen LogP contribution in [0.2, 0.25) is 0 Å². The molecule has 2 aromatic heterocycles. The molecule has 0 aliphatic rings. The molecule has 21 heavy (non-hydrogen) atoms. The van der Waals surface area contributed by atoms with Crippen molar-refractivity contribution >= 4 is 16.9 Å². The van der Waals surface area contributed by atoms with E-state index >= 15 is 0 Å². The average Bonchev–Trinajstić information content (AvgIpc) is 2.99. The van der Waals surface area contributed by atoms with Crippen molar-refractivity contribution in [2.75, 3.05) is 18.5 Å². The van der Waals surface area contributed by atoms with Crippen LogP contribution in [0.25, 0.3) is 11.0 Å². The van der Waals surface area contributed by atoms with Gasteiger partial charge in [0.05, 0.1) is 23.1 Å². The van der Waals surface area contributed by atoms with Gasteiger partial charge in [0.2, 0.25) is 0 Å². The highest BCUT2D eigenvalue weighted by Gasteiger charge is 2.09. The fourth-order valence-corrected chi connectivity index (χ4v) is 2.46. The monoisotopic (exact) mass is 281 g/mol. The van der Waals surface area contributed by atoms with Gasteiger partial charge in [-0.3, -0.25) is 0 Å². The number of nitrogens with zero attached hydrogens (tertiary/aromatic N) is 5. The highest BCUT2D eigenvalue weighted by molar-refractivity contribution is 5.76. The highest BCUT2D eigenvalue weighted by Crippen LogP contribution is 2.19. The lowest BCUT2D eigenvalue weighted by molar-refractivity contribution is 0.635. The van der Waals surface area contributed by atoms with Gasteiger partial charge in [0, 0.05) is 32.5 Å². The summed E-state index contributed by atoms with van der Waals surface area (Å²) in [7, 11) is 2.07. The first-order chi connectivity index (χ1) is 10.2. The molecule has 2 heterocycles. The molecule has 108 valence electrons. The number of aryl methyl sites for hydroxylation is 2. The Morgan fingerprint density at radius 2 is 1.90 bits per heavy atom. The van der Waals surface area contributed by atoms with Crippen LogP contribution in [0.15, 0.2) is 43.0 Å². The van der Waals surface area contributed by atoms with Gasteiger partial charge in [0.1, 0.15) is 0 Å². The van der Waals surface area contributed by atoms with Crippen molar-refractivity contribution < 1.29 is 0 Å². The molecule has 0 unspecified atom stereocenters. The highest BCUT2D eigenvalue weighted by atomic mass is 15.2. The molecule has 0 amide bonds. The van der Waals surface area contributed by atoms with E-state index in [2.05, 4.69) is 26.5 Å². The van der Waals surface area contributed by atoms with Crippen LogP contribution in [0, 0.1) is 6.92 Å². The Balaban J connectivity index is 1.71. The number of benzene rings is 1. The normalized spacial score (nSPS) is 11.0. The Labute approximate surface area is 124 Å². The van der Waals surface area contributed by atoms with E-state index in [1.807, 2.05) is 49.9 Å². The summed E-state index contributed by atoms with van der Waals surface area (Å²) in [4.78, 5) is 15.6. The molecule has 0 saturated carbocycles. The van der Waals surface area contributed by atoms with Gasteiger partial charge in [-0.25, -0.2) is 15.0 Å². The minimum Gasteiger partial charge on any atom is -0.358 e. The van der Waals surface area contributed by atoms with E-state index in [4.69, 9.17) is 4.98 Å². The predicted octanol–water partition coefficient (Wildman–Crippen LogP) is 2.66. The Bertz CT molecular complexity index is 721. The van der Waals surface area contributed by atoms with Crippen molar-refractivity contribution in [2.24, 2.45) is 0 Å². The molecule has 0 fully saturated rings. The van der Waals surface area contributed by atoms with Crippen LogP contribution < -0.4 is 4.90 Å². The lowest BCUT2D eigenvalue weighted by atomic mass is 10.3. The van der Waals surface area contributed by atoms with Crippen molar-refractivity contribution in [3.05, 3.63) is 48.7 Å². The molecule has 0 N–H and O–H groups in total. The van der Waals surface area contributed by atoms with Crippen molar-refractivity contribution in [1.29, 1.82) is 0 Å². The zero-order valence-electron chi connectivity index (χ0n) is 12.4. The quantitative estimate of drug-likeness (QED) is 0.721. The molecule has 5 nitrogen and oxygen atoms in total. The van der Waals surface area contributed by atoms with Crippen LogP contribution in [0.4, 0.5) is 5.82 Å². The second-order valence-corrected chi connectivity index (χ2v) is 5.20. The first-order valence-electron chi connectivity index (χ1n) is 7.14. The van der Waals surface area contributed by atoms with Gasteiger partial charge < -0.3 is 9.47 Å². The smallest absolute Gasteiger partial charge is 0.150 e. The van der Waals surface area contributed by atoms with E-state index in [0.29, 0.717) is 0 Å². The maximum absolute atomic E-state index is 4.73. The van der Waals surface area contributed by atoms with E-state index in [0.717, 1.165) is 42.1 Å². The van der Waals surface area contributed by atoms with Crippen LogP contribution >= 0.6 is 0 Å². The molecule has 0 radical (unpaired) electrons. The topological polar surface area (TPSA) is 46.8 Å². The van der Waals surface area contributed by atoms with Crippen LogP contribution in [-0.2, 0) is 6.54 Å². The Morgan fingerprint density at radius 3 is 2.62 bits per heavy atom. The zero-order chi connectivity index (χ0) is 14.7. The third kappa shape index (κ3) is 3.02. The number of hydrogen-bond acceptors (Lipinski definition) is 4. The van der Waals surface area contributed by atoms with Crippen LogP contribution in [0.5, 0.6) is 0 Å². The van der Waals surface area contributed by atoms with E-state index in [-0.39, 0.29) is 0 Å². The maximum atomic E-state index is 4.73. The Hall–Kier alpha value is -2.43. The van der Waals surface area contributed by atoms with Crippen LogP contribution in [0.3, 0.4) is 0 Å². The summed E-state index contributed by atoms with van der Waals surface area (Å²) in [6.45, 7) is 3.91. The number of hydrogen-bond donors (Lipinski definition) is 0. The predicted molar refractivity (Wildman–Crippen MR) is 84.4 cm³/mol. The lowest BCUT2D eigenvalue weighted by Crippen LogP contribution is -2.22. The zero-order valence-corrected chi connectivity index (χ0v) is 12.4. The van der Waals surface area contributed by atoms with Crippen LogP contribution in [-0.4, -0.2) is 33.1 Å². The van der Waals surface area contributed by atoms with Gasteiger partial charge >= 0.3 is 0 Å². The largest absolute Gasteiger partial charge is 0.358 e. The molecule has 1 aromatic carbocycles. The number of fused-ring (bicyclic) bond motifs is 1. The molecule has 0 spiro atoms. The molecule has 0 aliphatic heterocycles. The number of anilines is 1. The number of imidazole rings is 1. The van der Waals surface area contributed by atoms with Crippen LogP contribution in [0.1, 0.15) is 12.1 Å². The third-order valence-corrected chi connectivity index (χ3v) is 3.55. The Morgan fingerprint density at radius 1 is 1.14 bits per heavy atom. The number of para-hydroxylation sites is 2. The first-order valence-corrected chi connectivity index (χ1v) is 7.14. The van der Waals surface area contributed by atoms with E-state index in [1.165, 1.54) is 0 Å². The SMILES string of the molecule is Cc1nc2ccccc2nc1N(C)CCCn1ccnc1. The second kappa shape index (κ2) is 5.91. The van der Waals surface area contributed by atoms with Crippen molar-refractivity contribution in [3.8, 4) is 0 Å². The van der Waals surface area contributed by atoms with E-state index in [1.54, 1.807) is 0 Å². The van der Waals surface area contributed by atoms with Gasteiger partial charge in [0.25, 0.3) is 0 Å². The lowest BCUT2D eigenvalue weighted by Gasteiger charge is -2.20. The molecule has 0 saturated heterocycles. The minimum atomic E-state index is 0.937. The summed E-state index contributed by atoms with van der Waals surface area (Å²) in [6.07, 6.45) is 6.69. The molecular weight excluding hydrogens is 262 g/mol. The molecule has 0 atom stereocenters. The summed E-state index contributed by atoms with van der Waals surface area (Å²) in [5.41, 5.74) is 2.86. The molecule has 0 bridgehead atoms. The fraction of sp³-hybridized carbons (Fsp3) is 0.312. The average molecular weight is 281 g/mol. The summed E-state index contributed by atoms with van der Waals surface area (Å²) in [5.74, 6) is 0.958. The number of rotatable bonds is 5. The maximum Gasteiger partial charge on any atom is 0.150 e. The summed E-state index contributed by atoms with van der Waals surface area (Å²) in [6, 6.07) is 7.99. The summed E-state index contributed by atoms with van der Waals surface area (Å²) in [5, 5.41) is 0. The van der Waals surface area contributed by atoms with Crippen molar-refractivity contribution in [2.45, 2.75) is 19.9 Å². The number of aromatic nitrogens is 4. The van der Waals surface area contributed by atoms with Gasteiger partial charge in [0.15, 0.2) is 5.82 Å². The second-order valence-electron chi connectivity index (χ2n) is 5.20. The van der Waals surface area contributed by atoms with E-state index in [9.17, 15) is 0 Å².